The molecule has 2 fully saturated rings. The van der Waals surface area contributed by atoms with Crippen molar-refractivity contribution < 1.29 is 50.5 Å². The normalized spacial score (nSPS) is 17.5. The molecule has 288 valence electrons. The molecule has 2 aliphatic rings. The smallest absolute Gasteiger partial charge is 0.403 e. The quantitative estimate of drug-likeness (QED) is 0.145. The summed E-state index contributed by atoms with van der Waals surface area (Å²) >= 11 is 0. The number of hydrogen-bond acceptors (Lipinski definition) is 6. The number of fused-ring (bicyclic) bond motifs is 1. The summed E-state index contributed by atoms with van der Waals surface area (Å²) in [5, 5.41) is 13.5. The summed E-state index contributed by atoms with van der Waals surface area (Å²) in [4.78, 5) is 29.0. The van der Waals surface area contributed by atoms with Gasteiger partial charge in [0, 0.05) is 37.5 Å². The van der Waals surface area contributed by atoms with Gasteiger partial charge in [-0.15, -0.1) is 0 Å². The number of benzene rings is 4. The highest BCUT2D eigenvalue weighted by atomic mass is 19.4. The first-order chi connectivity index (χ1) is 25.6. The van der Waals surface area contributed by atoms with E-state index < -0.39 is 68.2 Å². The number of nitrogens with zero attached hydrogens (tertiary/aromatic N) is 2. The number of nitrogens with one attached hydrogen (secondary N) is 1. The monoisotopic (exact) mass is 757 g/mol. The first-order valence-corrected chi connectivity index (χ1v) is 17.6. The lowest BCUT2D eigenvalue weighted by molar-refractivity contribution is -0.236. The Balaban J connectivity index is 1.27. The molecule has 1 atom stereocenters. The van der Waals surface area contributed by atoms with Gasteiger partial charge in [0.15, 0.2) is 0 Å². The number of hydrogen-bond donors (Lipinski definition) is 2. The predicted molar refractivity (Wildman–Crippen MR) is 190 cm³/mol. The molecule has 2 N–H and O–H groups in total. The van der Waals surface area contributed by atoms with E-state index in [1.165, 1.54) is 5.56 Å². The van der Waals surface area contributed by atoms with Gasteiger partial charge in [0.2, 0.25) is 5.91 Å². The molecule has 0 bridgehead atoms. The number of alkyl halides is 6. The van der Waals surface area contributed by atoms with Gasteiger partial charge in [-0.2, -0.15) is 26.3 Å². The molecular formula is C40H41F6N3O5. The molecule has 4 aromatic carbocycles. The molecule has 0 aliphatic carbocycles. The van der Waals surface area contributed by atoms with Crippen molar-refractivity contribution in [3.8, 4) is 22.6 Å². The number of methoxy groups -OCH3 is 2. The van der Waals surface area contributed by atoms with Gasteiger partial charge in [-0.1, -0.05) is 72.8 Å². The van der Waals surface area contributed by atoms with Crippen LogP contribution < -0.4 is 14.8 Å². The summed E-state index contributed by atoms with van der Waals surface area (Å²) in [6.45, 7) is -0.270. The van der Waals surface area contributed by atoms with Crippen LogP contribution in [0.25, 0.3) is 21.9 Å². The average Bonchev–Trinajstić information content (AvgIpc) is 3.11. The Bertz CT molecular complexity index is 1970. The molecule has 1 amide bonds. The second kappa shape index (κ2) is 15.5. The zero-order valence-electron chi connectivity index (χ0n) is 29.8. The number of ether oxygens (including phenoxy) is 2. The van der Waals surface area contributed by atoms with Crippen LogP contribution in [0.3, 0.4) is 0 Å². The SMILES string of the molecule is COc1ccc(CN2CC(c3ccccc3)C2)c(OC)c1-c1cccc2c(C[C@H](NC(=O)C3(C(F)(F)F)CCN(CC(F)(F)F)CC3)C(=O)O)cccc12. The van der Waals surface area contributed by atoms with Crippen molar-refractivity contribution in [1.82, 2.24) is 15.1 Å². The van der Waals surface area contributed by atoms with Crippen molar-refractivity contribution in [3.05, 3.63) is 95.6 Å². The first kappa shape index (κ1) is 38.9. The molecule has 0 unspecified atom stereocenters. The molecule has 0 saturated carbocycles. The third kappa shape index (κ3) is 8.00. The van der Waals surface area contributed by atoms with Crippen molar-refractivity contribution in [2.45, 2.75) is 50.1 Å². The Kier molecular flexibility index (Phi) is 11.2. The Labute approximate surface area is 308 Å². The van der Waals surface area contributed by atoms with Crippen LogP contribution in [0, 0.1) is 5.41 Å². The number of carbonyl (C=O) groups is 2. The lowest BCUT2D eigenvalue weighted by atomic mass is 9.76. The van der Waals surface area contributed by atoms with Crippen LogP contribution in [0.15, 0.2) is 78.9 Å². The van der Waals surface area contributed by atoms with Gasteiger partial charge >= 0.3 is 18.3 Å². The largest absolute Gasteiger partial charge is 0.496 e. The fourth-order valence-corrected chi connectivity index (χ4v) is 7.74. The summed E-state index contributed by atoms with van der Waals surface area (Å²) in [7, 11) is 3.12. The van der Waals surface area contributed by atoms with E-state index >= 15 is 0 Å². The standard InChI is InChI=1S/C40H41F6N3O5/c1-53-33-15-14-27(21-49-22-28(23-49)25-8-4-3-5-9-25)35(54-2)34(33)31-13-7-11-29-26(10-6-12-30(29)31)20-32(36(50)51)47-37(52)38(40(44,45)46)16-18-48(19-17-38)24-39(41,42)43/h3-15,28,32H,16-24H2,1-2H3,(H,47,52)(H,50,51)/t32-/m0/s1. The van der Waals surface area contributed by atoms with E-state index in [0.29, 0.717) is 51.4 Å². The minimum atomic E-state index is -5.12. The molecule has 2 heterocycles. The maximum Gasteiger partial charge on any atom is 0.403 e. The van der Waals surface area contributed by atoms with Crippen LogP contribution in [0.2, 0.25) is 0 Å². The van der Waals surface area contributed by atoms with E-state index in [0.717, 1.165) is 23.6 Å². The molecule has 0 radical (unpaired) electrons. The minimum Gasteiger partial charge on any atom is -0.496 e. The average molecular weight is 758 g/mol. The van der Waals surface area contributed by atoms with E-state index in [2.05, 4.69) is 22.3 Å². The number of likely N-dealkylation sites (tertiary alicyclic amines) is 2. The lowest BCUT2D eigenvalue weighted by Gasteiger charge is -2.42. The summed E-state index contributed by atoms with van der Waals surface area (Å²) in [6.07, 6.45) is -12.0. The Morgan fingerprint density at radius 3 is 2.11 bits per heavy atom. The van der Waals surface area contributed by atoms with E-state index in [-0.39, 0.29) is 6.42 Å². The van der Waals surface area contributed by atoms with Crippen molar-refractivity contribution >= 4 is 22.6 Å². The maximum atomic E-state index is 14.5. The molecule has 54 heavy (non-hydrogen) atoms. The van der Waals surface area contributed by atoms with E-state index in [4.69, 9.17) is 9.47 Å². The topological polar surface area (TPSA) is 91.3 Å². The van der Waals surface area contributed by atoms with Crippen LogP contribution in [-0.4, -0.2) is 92.1 Å². The number of aliphatic carboxylic acids is 1. The molecule has 2 aliphatic heterocycles. The van der Waals surface area contributed by atoms with Crippen LogP contribution in [-0.2, 0) is 22.6 Å². The third-order valence-corrected chi connectivity index (χ3v) is 10.6. The number of amides is 1. The summed E-state index contributed by atoms with van der Waals surface area (Å²) in [5.74, 6) is -1.56. The van der Waals surface area contributed by atoms with Crippen LogP contribution in [0.1, 0.15) is 35.4 Å². The summed E-state index contributed by atoms with van der Waals surface area (Å²) in [6, 6.07) is 23.0. The van der Waals surface area contributed by atoms with Gasteiger partial charge in [-0.3, -0.25) is 14.6 Å². The molecule has 14 heteroatoms. The number of carboxylic acid groups (broad SMARTS) is 1. The molecule has 4 aromatic rings. The molecular weight excluding hydrogens is 716 g/mol. The van der Waals surface area contributed by atoms with E-state index in [9.17, 15) is 41.0 Å². The highest BCUT2D eigenvalue weighted by Gasteiger charge is 2.61. The van der Waals surface area contributed by atoms with Gasteiger partial charge < -0.3 is 19.9 Å². The van der Waals surface area contributed by atoms with Crippen LogP contribution >= 0.6 is 0 Å². The third-order valence-electron chi connectivity index (χ3n) is 10.6. The minimum absolute atomic E-state index is 0.359. The second-order valence-electron chi connectivity index (χ2n) is 14.0. The molecule has 0 spiro atoms. The number of rotatable bonds is 12. The predicted octanol–water partition coefficient (Wildman–Crippen LogP) is 7.44. The number of piperidine rings is 1. The number of carbonyl (C=O) groups excluding carboxylic acids is 1. The highest BCUT2D eigenvalue weighted by molar-refractivity contribution is 6.01. The van der Waals surface area contributed by atoms with Gasteiger partial charge in [-0.05, 0) is 59.5 Å². The fraction of sp³-hybridized carbons (Fsp3) is 0.400. The van der Waals surface area contributed by atoms with Crippen molar-refractivity contribution in [2.24, 2.45) is 5.41 Å². The summed E-state index contributed by atoms with van der Waals surface area (Å²) < 4.78 is 94.0. The lowest BCUT2D eigenvalue weighted by Crippen LogP contribution is -2.59. The number of halogens is 6. The zero-order valence-corrected chi connectivity index (χ0v) is 29.8. The number of carboxylic acids is 1. The maximum absolute atomic E-state index is 14.5. The molecule has 2 saturated heterocycles. The van der Waals surface area contributed by atoms with Gasteiger partial charge in [0.25, 0.3) is 0 Å². The fourth-order valence-electron chi connectivity index (χ4n) is 7.74. The Morgan fingerprint density at radius 2 is 1.50 bits per heavy atom. The van der Waals surface area contributed by atoms with Crippen molar-refractivity contribution in [2.75, 3.05) is 46.9 Å². The summed E-state index contributed by atoms with van der Waals surface area (Å²) in [5.41, 5.74) is 1.03. The van der Waals surface area contributed by atoms with Gasteiger partial charge in [0.05, 0.1) is 26.3 Å². The molecule has 8 nitrogen and oxygen atoms in total. The molecule has 0 aromatic heterocycles. The van der Waals surface area contributed by atoms with Gasteiger partial charge in [0.1, 0.15) is 23.0 Å². The Morgan fingerprint density at radius 1 is 0.833 bits per heavy atom. The van der Waals surface area contributed by atoms with Crippen LogP contribution in [0.4, 0.5) is 26.3 Å². The molecule has 6 rings (SSSR count). The zero-order chi connectivity index (χ0) is 38.8. The highest BCUT2D eigenvalue weighted by Crippen LogP contribution is 2.48. The van der Waals surface area contributed by atoms with Crippen molar-refractivity contribution in [1.29, 1.82) is 0 Å². The first-order valence-electron chi connectivity index (χ1n) is 17.6. The van der Waals surface area contributed by atoms with Gasteiger partial charge in [-0.25, -0.2) is 4.79 Å². The van der Waals surface area contributed by atoms with Crippen molar-refractivity contribution in [3.63, 3.8) is 0 Å². The van der Waals surface area contributed by atoms with E-state index in [1.54, 1.807) is 38.5 Å². The van der Waals surface area contributed by atoms with E-state index in [1.807, 2.05) is 42.5 Å². The van der Waals surface area contributed by atoms with Crippen LogP contribution in [0.5, 0.6) is 11.5 Å². The Hall–Kier alpha value is -4.82. The second-order valence-corrected chi connectivity index (χ2v) is 14.0.